The molecule has 0 aromatic heterocycles. The number of hydrogen-bond acceptors (Lipinski definition) is 4. The summed E-state index contributed by atoms with van der Waals surface area (Å²) < 4.78 is 30.1. The molecule has 0 spiro atoms. The number of hydrogen-bond donors (Lipinski definition) is 1. The Kier molecular flexibility index (Phi) is 4.46. The number of carbonyl (C=O) groups is 1. The van der Waals surface area contributed by atoms with Crippen molar-refractivity contribution in [1.82, 2.24) is 0 Å². The maximum absolute atomic E-state index is 12.4. The van der Waals surface area contributed by atoms with Crippen LogP contribution in [0, 0.1) is 0 Å². The summed E-state index contributed by atoms with van der Waals surface area (Å²) in [5.74, 6) is -0.889. The SMILES string of the molecule is CC(C)(CC(=O)O)c1ccc(S(=O)(=O)C2COC2)c(Br)c1. The Balaban J connectivity index is 2.36. The number of benzene rings is 1. The minimum Gasteiger partial charge on any atom is -0.481 e. The van der Waals surface area contributed by atoms with Gasteiger partial charge in [0.15, 0.2) is 9.84 Å². The molecule has 0 amide bonds. The highest BCUT2D eigenvalue weighted by Gasteiger charge is 2.35. The first-order valence-corrected chi connectivity index (χ1v) is 8.82. The zero-order valence-electron chi connectivity index (χ0n) is 11.8. The lowest BCUT2D eigenvalue weighted by molar-refractivity contribution is -0.138. The number of aliphatic carboxylic acids is 1. The van der Waals surface area contributed by atoms with E-state index in [9.17, 15) is 13.2 Å². The molecule has 0 unspecified atom stereocenters. The molecule has 1 aromatic carbocycles. The average Bonchev–Trinajstić information content (AvgIpc) is 2.23. The smallest absolute Gasteiger partial charge is 0.304 e. The van der Waals surface area contributed by atoms with E-state index in [1.54, 1.807) is 12.1 Å². The van der Waals surface area contributed by atoms with Crippen LogP contribution in [0.4, 0.5) is 0 Å². The number of ether oxygens (including phenoxy) is 1. The third-order valence-corrected chi connectivity index (χ3v) is 6.70. The van der Waals surface area contributed by atoms with Crippen LogP contribution in [0.15, 0.2) is 27.6 Å². The molecule has 116 valence electrons. The first-order valence-electron chi connectivity index (χ1n) is 6.48. The molecule has 7 heteroatoms. The lowest BCUT2D eigenvalue weighted by Gasteiger charge is -2.27. The number of sulfone groups is 1. The van der Waals surface area contributed by atoms with Gasteiger partial charge in [-0.3, -0.25) is 4.79 Å². The third-order valence-electron chi connectivity index (χ3n) is 3.66. The zero-order valence-corrected chi connectivity index (χ0v) is 14.2. The van der Waals surface area contributed by atoms with Gasteiger partial charge in [-0.15, -0.1) is 0 Å². The van der Waals surface area contributed by atoms with E-state index in [4.69, 9.17) is 9.84 Å². The highest BCUT2D eigenvalue weighted by molar-refractivity contribution is 9.10. The fourth-order valence-corrected chi connectivity index (χ4v) is 4.76. The van der Waals surface area contributed by atoms with E-state index < -0.39 is 26.5 Å². The lowest BCUT2D eigenvalue weighted by atomic mass is 9.82. The predicted octanol–water partition coefficient (Wildman–Crippen LogP) is 2.37. The normalized spacial score (nSPS) is 16.5. The Morgan fingerprint density at radius 1 is 1.43 bits per heavy atom. The van der Waals surface area contributed by atoms with E-state index in [0.29, 0.717) is 4.47 Å². The van der Waals surface area contributed by atoms with Crippen molar-refractivity contribution in [3.05, 3.63) is 28.2 Å². The Bertz CT molecular complexity index is 662. The second-order valence-corrected chi connectivity index (χ2v) is 8.85. The molecule has 2 rings (SSSR count). The molecule has 1 aliphatic heterocycles. The summed E-state index contributed by atoms with van der Waals surface area (Å²) in [7, 11) is -3.41. The van der Waals surface area contributed by atoms with Gasteiger partial charge in [-0.2, -0.15) is 0 Å². The molecule has 1 saturated heterocycles. The van der Waals surface area contributed by atoms with Gasteiger partial charge in [0.2, 0.25) is 0 Å². The monoisotopic (exact) mass is 376 g/mol. The molecule has 1 heterocycles. The standard InChI is InChI=1S/C14H17BrO5S/c1-14(2,6-13(16)17)9-3-4-12(11(15)5-9)21(18,19)10-7-20-8-10/h3-5,10H,6-8H2,1-2H3,(H,16,17). The topological polar surface area (TPSA) is 80.7 Å². The molecule has 0 bridgehead atoms. The summed E-state index contributed by atoms with van der Waals surface area (Å²) in [6, 6.07) is 4.91. The fourth-order valence-electron chi connectivity index (χ4n) is 2.21. The van der Waals surface area contributed by atoms with Crippen molar-refractivity contribution in [2.75, 3.05) is 13.2 Å². The van der Waals surface area contributed by atoms with Gasteiger partial charge in [0, 0.05) is 9.89 Å². The molecule has 1 fully saturated rings. The van der Waals surface area contributed by atoms with Crippen molar-refractivity contribution < 1.29 is 23.1 Å². The summed E-state index contributed by atoms with van der Waals surface area (Å²) in [5.41, 5.74) is 0.205. The van der Waals surface area contributed by atoms with Crippen LogP contribution in [0.25, 0.3) is 0 Å². The Morgan fingerprint density at radius 2 is 2.05 bits per heavy atom. The van der Waals surface area contributed by atoms with E-state index in [1.807, 2.05) is 13.8 Å². The summed E-state index contributed by atoms with van der Waals surface area (Å²) in [5, 5.41) is 8.46. The van der Waals surface area contributed by atoms with Gasteiger partial charge in [0.25, 0.3) is 0 Å². The van der Waals surface area contributed by atoms with Crippen LogP contribution < -0.4 is 0 Å². The lowest BCUT2D eigenvalue weighted by Crippen LogP contribution is -2.40. The maximum Gasteiger partial charge on any atom is 0.304 e. The molecule has 1 aromatic rings. The summed E-state index contributed by atoms with van der Waals surface area (Å²) in [6.07, 6.45) is -0.0258. The van der Waals surface area contributed by atoms with Gasteiger partial charge in [0.1, 0.15) is 5.25 Å². The zero-order chi connectivity index (χ0) is 15.8. The minimum atomic E-state index is -3.41. The molecule has 0 atom stereocenters. The molecule has 0 radical (unpaired) electrons. The predicted molar refractivity (Wildman–Crippen MR) is 81.2 cm³/mol. The summed E-state index contributed by atoms with van der Waals surface area (Å²) in [4.78, 5) is 11.1. The molecular formula is C14H17BrO5S. The van der Waals surface area contributed by atoms with Gasteiger partial charge < -0.3 is 9.84 Å². The third kappa shape index (κ3) is 3.30. The van der Waals surface area contributed by atoms with Crippen molar-refractivity contribution >= 4 is 31.7 Å². The molecule has 5 nitrogen and oxygen atoms in total. The molecule has 21 heavy (non-hydrogen) atoms. The summed E-state index contributed by atoms with van der Waals surface area (Å²) >= 11 is 3.30. The molecule has 1 N–H and O–H groups in total. The molecule has 0 aliphatic carbocycles. The highest BCUT2D eigenvalue weighted by atomic mass is 79.9. The second kappa shape index (κ2) is 5.70. The van der Waals surface area contributed by atoms with Crippen LogP contribution in [0.2, 0.25) is 0 Å². The Morgan fingerprint density at radius 3 is 2.48 bits per heavy atom. The van der Waals surface area contributed by atoms with Gasteiger partial charge in [0.05, 0.1) is 24.5 Å². The van der Waals surface area contributed by atoms with Gasteiger partial charge in [-0.25, -0.2) is 8.42 Å². The summed E-state index contributed by atoms with van der Waals surface area (Å²) in [6.45, 7) is 4.08. The van der Waals surface area contributed by atoms with E-state index in [-0.39, 0.29) is 24.5 Å². The number of rotatable bonds is 5. The van der Waals surface area contributed by atoms with E-state index in [1.165, 1.54) is 6.07 Å². The van der Waals surface area contributed by atoms with Crippen LogP contribution in [0.5, 0.6) is 0 Å². The fraction of sp³-hybridized carbons (Fsp3) is 0.500. The van der Waals surface area contributed by atoms with Gasteiger partial charge in [-0.1, -0.05) is 19.9 Å². The van der Waals surface area contributed by atoms with Gasteiger partial charge in [-0.05, 0) is 33.6 Å². The van der Waals surface area contributed by atoms with Crippen molar-refractivity contribution in [3.63, 3.8) is 0 Å². The number of halogens is 1. The van der Waals surface area contributed by atoms with E-state index in [0.717, 1.165) is 5.56 Å². The average molecular weight is 377 g/mol. The quantitative estimate of drug-likeness (QED) is 0.852. The molecule has 0 saturated carbocycles. The largest absolute Gasteiger partial charge is 0.481 e. The Hall–Kier alpha value is -0.920. The molecule has 1 aliphatic rings. The maximum atomic E-state index is 12.4. The minimum absolute atomic E-state index is 0.0258. The number of carboxylic acids is 1. The van der Waals surface area contributed by atoms with E-state index in [2.05, 4.69) is 15.9 Å². The Labute approximate surface area is 132 Å². The van der Waals surface area contributed by atoms with Gasteiger partial charge >= 0.3 is 5.97 Å². The first kappa shape index (κ1) is 16.5. The van der Waals surface area contributed by atoms with Crippen LogP contribution in [0.3, 0.4) is 0 Å². The van der Waals surface area contributed by atoms with Crippen LogP contribution >= 0.6 is 15.9 Å². The first-order chi connectivity index (χ1) is 9.64. The van der Waals surface area contributed by atoms with Crippen molar-refractivity contribution in [1.29, 1.82) is 0 Å². The van der Waals surface area contributed by atoms with Crippen LogP contribution in [-0.2, 0) is 24.8 Å². The number of carboxylic acid groups (broad SMARTS) is 1. The van der Waals surface area contributed by atoms with Crippen molar-refractivity contribution in [2.24, 2.45) is 0 Å². The second-order valence-electron chi connectivity index (χ2n) is 5.80. The molecular weight excluding hydrogens is 360 g/mol. The highest BCUT2D eigenvalue weighted by Crippen LogP contribution is 2.34. The van der Waals surface area contributed by atoms with Crippen molar-refractivity contribution in [2.45, 2.75) is 35.8 Å². The van der Waals surface area contributed by atoms with Crippen LogP contribution in [-0.4, -0.2) is 38.0 Å². The van der Waals surface area contributed by atoms with Crippen LogP contribution in [0.1, 0.15) is 25.8 Å². The van der Waals surface area contributed by atoms with Crippen molar-refractivity contribution in [3.8, 4) is 0 Å². The van der Waals surface area contributed by atoms with E-state index >= 15 is 0 Å².